The van der Waals surface area contributed by atoms with Gasteiger partial charge in [0, 0.05) is 24.9 Å². The van der Waals surface area contributed by atoms with Gasteiger partial charge in [-0.3, -0.25) is 9.59 Å². The molecule has 0 radical (unpaired) electrons. The first-order chi connectivity index (χ1) is 11.3. The van der Waals surface area contributed by atoms with E-state index < -0.39 is 17.3 Å². The number of amides is 1. The molecule has 1 aromatic heterocycles. The van der Waals surface area contributed by atoms with Gasteiger partial charge in [-0.25, -0.2) is 4.68 Å². The molecule has 1 aliphatic carbocycles. The van der Waals surface area contributed by atoms with Crippen LogP contribution in [0.15, 0.2) is 10.9 Å². The van der Waals surface area contributed by atoms with Crippen LogP contribution in [-0.4, -0.2) is 33.2 Å². The number of halogens is 3. The Morgan fingerprint density at radius 1 is 1.33 bits per heavy atom. The number of alkyl halides is 3. The Bertz CT molecular complexity index is 695. The number of hydrogen-bond donors (Lipinski definition) is 0. The molecule has 5 nitrogen and oxygen atoms in total. The van der Waals surface area contributed by atoms with Crippen LogP contribution < -0.4 is 5.56 Å². The summed E-state index contributed by atoms with van der Waals surface area (Å²) in [5.41, 5.74) is -2.07. The Hall–Kier alpha value is -1.86. The zero-order chi connectivity index (χ0) is 17.5. The maximum absolute atomic E-state index is 13.1. The summed E-state index contributed by atoms with van der Waals surface area (Å²) in [6, 6.07) is 1.01. The second-order valence-electron chi connectivity index (χ2n) is 6.61. The van der Waals surface area contributed by atoms with Gasteiger partial charge in [-0.1, -0.05) is 0 Å². The topological polar surface area (TPSA) is 55.2 Å². The molecule has 24 heavy (non-hydrogen) atoms. The third-order valence-corrected chi connectivity index (χ3v) is 4.71. The van der Waals surface area contributed by atoms with Crippen LogP contribution in [0.3, 0.4) is 0 Å². The molecule has 1 atom stereocenters. The molecular weight excluding hydrogens is 323 g/mol. The minimum Gasteiger partial charge on any atom is -0.340 e. The van der Waals surface area contributed by atoms with Crippen molar-refractivity contribution in [1.29, 1.82) is 0 Å². The molecule has 2 heterocycles. The summed E-state index contributed by atoms with van der Waals surface area (Å²) in [4.78, 5) is 26.0. The van der Waals surface area contributed by atoms with E-state index >= 15 is 0 Å². The van der Waals surface area contributed by atoms with Crippen LogP contribution >= 0.6 is 0 Å². The molecule has 1 saturated carbocycles. The highest BCUT2D eigenvalue weighted by Gasteiger charge is 2.37. The van der Waals surface area contributed by atoms with Gasteiger partial charge in [0.05, 0.1) is 12.2 Å². The molecule has 8 heteroatoms. The molecule has 0 bridgehead atoms. The predicted octanol–water partition coefficient (Wildman–Crippen LogP) is 2.54. The van der Waals surface area contributed by atoms with E-state index in [-0.39, 0.29) is 30.8 Å². The first-order valence-electron chi connectivity index (χ1n) is 8.26. The van der Waals surface area contributed by atoms with E-state index in [1.54, 1.807) is 4.90 Å². The average Bonchev–Trinajstić information content (AvgIpc) is 3.26. The van der Waals surface area contributed by atoms with Crippen molar-refractivity contribution in [2.45, 2.75) is 63.7 Å². The highest BCUT2D eigenvalue weighted by molar-refractivity contribution is 5.76. The Labute approximate surface area is 137 Å². The van der Waals surface area contributed by atoms with E-state index in [1.807, 2.05) is 6.92 Å². The van der Waals surface area contributed by atoms with Gasteiger partial charge in [0.2, 0.25) is 5.91 Å². The number of rotatable bonds is 4. The minimum atomic E-state index is -4.71. The van der Waals surface area contributed by atoms with Gasteiger partial charge in [-0.15, -0.1) is 0 Å². The molecule has 0 N–H and O–H groups in total. The zero-order valence-electron chi connectivity index (χ0n) is 13.5. The lowest BCUT2D eigenvalue weighted by molar-refractivity contribution is -0.139. The third-order valence-electron chi connectivity index (χ3n) is 4.71. The molecule has 1 saturated heterocycles. The van der Waals surface area contributed by atoms with E-state index in [0.717, 1.165) is 36.4 Å². The fourth-order valence-electron chi connectivity index (χ4n) is 3.14. The molecule has 3 rings (SSSR count). The second kappa shape index (κ2) is 6.22. The maximum atomic E-state index is 13.1. The van der Waals surface area contributed by atoms with Crippen LogP contribution in [0.4, 0.5) is 13.2 Å². The van der Waals surface area contributed by atoms with Crippen molar-refractivity contribution in [3.05, 3.63) is 27.7 Å². The van der Waals surface area contributed by atoms with Crippen molar-refractivity contribution >= 4 is 5.91 Å². The van der Waals surface area contributed by atoms with Crippen LogP contribution in [0.2, 0.25) is 0 Å². The largest absolute Gasteiger partial charge is 0.421 e. The van der Waals surface area contributed by atoms with E-state index in [9.17, 15) is 22.8 Å². The fourth-order valence-corrected chi connectivity index (χ4v) is 3.14. The first-order valence-corrected chi connectivity index (χ1v) is 8.26. The van der Waals surface area contributed by atoms with E-state index in [2.05, 4.69) is 5.10 Å². The van der Waals surface area contributed by atoms with Gasteiger partial charge in [-0.2, -0.15) is 18.3 Å². The lowest BCUT2D eigenvalue weighted by Gasteiger charge is -2.21. The number of likely N-dealkylation sites (tertiary alicyclic amines) is 1. The highest BCUT2D eigenvalue weighted by Crippen LogP contribution is 2.40. The second-order valence-corrected chi connectivity index (χ2v) is 6.61. The molecule has 1 amide bonds. The lowest BCUT2D eigenvalue weighted by Crippen LogP contribution is -2.36. The van der Waals surface area contributed by atoms with Crippen LogP contribution in [0, 0.1) is 0 Å². The van der Waals surface area contributed by atoms with Crippen LogP contribution in [0.5, 0.6) is 0 Å². The Morgan fingerprint density at radius 2 is 2.04 bits per heavy atom. The molecule has 2 aliphatic rings. The van der Waals surface area contributed by atoms with Crippen molar-refractivity contribution in [3.8, 4) is 0 Å². The van der Waals surface area contributed by atoms with Gasteiger partial charge in [0.25, 0.3) is 5.56 Å². The number of hydrogen-bond acceptors (Lipinski definition) is 3. The maximum Gasteiger partial charge on any atom is 0.421 e. The Balaban J connectivity index is 1.80. The van der Waals surface area contributed by atoms with Crippen molar-refractivity contribution < 1.29 is 18.0 Å². The summed E-state index contributed by atoms with van der Waals surface area (Å²) in [6.07, 6.45) is -1.29. The van der Waals surface area contributed by atoms with Crippen molar-refractivity contribution in [1.82, 2.24) is 14.7 Å². The van der Waals surface area contributed by atoms with Crippen molar-refractivity contribution in [2.24, 2.45) is 0 Å². The molecule has 2 fully saturated rings. The molecular formula is C16H20F3N3O2. The average molecular weight is 343 g/mol. The van der Waals surface area contributed by atoms with Gasteiger partial charge >= 0.3 is 6.18 Å². The van der Waals surface area contributed by atoms with Crippen LogP contribution in [-0.2, 0) is 17.5 Å². The molecule has 132 valence electrons. The molecule has 1 aliphatic heterocycles. The standard InChI is InChI=1S/C16H20F3N3O2/c1-10-3-2-7-21(10)14(23)6-8-22-15(24)12(16(17,18)19)9-13(20-22)11-4-5-11/h9-11H,2-8H2,1H3. The smallest absolute Gasteiger partial charge is 0.340 e. The minimum absolute atomic E-state index is 0.00717. The summed E-state index contributed by atoms with van der Waals surface area (Å²) >= 11 is 0. The normalized spacial score (nSPS) is 21.3. The van der Waals surface area contributed by atoms with Gasteiger partial charge < -0.3 is 4.90 Å². The highest BCUT2D eigenvalue weighted by atomic mass is 19.4. The summed E-state index contributed by atoms with van der Waals surface area (Å²) < 4.78 is 40.0. The molecule has 1 aromatic rings. The van der Waals surface area contributed by atoms with Crippen LogP contribution in [0.25, 0.3) is 0 Å². The third kappa shape index (κ3) is 3.47. The number of aromatic nitrogens is 2. The van der Waals surface area contributed by atoms with Gasteiger partial charge in [0.1, 0.15) is 5.56 Å². The number of nitrogens with zero attached hydrogens (tertiary/aromatic N) is 3. The SMILES string of the molecule is CC1CCCN1C(=O)CCn1nc(C2CC2)cc(C(F)(F)F)c1=O. The van der Waals surface area contributed by atoms with Crippen LogP contribution in [0.1, 0.15) is 56.2 Å². The predicted molar refractivity (Wildman–Crippen MR) is 80.5 cm³/mol. The van der Waals surface area contributed by atoms with Crippen molar-refractivity contribution in [2.75, 3.05) is 6.54 Å². The number of carbonyl (C=O) groups is 1. The monoisotopic (exact) mass is 343 g/mol. The summed E-state index contributed by atoms with van der Waals surface area (Å²) in [5.74, 6) is -0.147. The Kier molecular flexibility index (Phi) is 4.40. The molecule has 0 spiro atoms. The molecule has 1 unspecified atom stereocenters. The Morgan fingerprint density at radius 3 is 2.58 bits per heavy atom. The van der Waals surface area contributed by atoms with Crippen molar-refractivity contribution in [3.63, 3.8) is 0 Å². The van der Waals surface area contributed by atoms with E-state index in [1.165, 1.54) is 0 Å². The lowest BCUT2D eigenvalue weighted by atomic mass is 10.2. The van der Waals surface area contributed by atoms with E-state index in [0.29, 0.717) is 12.2 Å². The van der Waals surface area contributed by atoms with Gasteiger partial charge in [0.15, 0.2) is 0 Å². The summed E-state index contributed by atoms with van der Waals surface area (Å²) in [6.45, 7) is 2.49. The molecule has 0 aromatic carbocycles. The number of carbonyl (C=O) groups excluding carboxylic acids is 1. The quantitative estimate of drug-likeness (QED) is 0.844. The zero-order valence-corrected chi connectivity index (χ0v) is 13.5. The first kappa shape index (κ1) is 17.0. The fraction of sp³-hybridized carbons (Fsp3) is 0.688. The number of aryl methyl sites for hydroxylation is 1. The van der Waals surface area contributed by atoms with E-state index in [4.69, 9.17) is 0 Å². The summed E-state index contributed by atoms with van der Waals surface area (Å²) in [5, 5.41) is 4.06. The van der Waals surface area contributed by atoms with Gasteiger partial charge in [-0.05, 0) is 38.7 Å². The summed E-state index contributed by atoms with van der Waals surface area (Å²) in [7, 11) is 0.